The minimum atomic E-state index is -0.134. The van der Waals surface area contributed by atoms with Gasteiger partial charge in [0.2, 0.25) is 0 Å². The van der Waals surface area contributed by atoms with Gasteiger partial charge in [-0.25, -0.2) is 0 Å². The average Bonchev–Trinajstić information content (AvgIpc) is 1.69. The highest BCUT2D eigenvalue weighted by Gasteiger charge is 2.02. The molecule has 1 unspecified atom stereocenters. The van der Waals surface area contributed by atoms with Crippen molar-refractivity contribution in [3.63, 3.8) is 0 Å². The van der Waals surface area contributed by atoms with E-state index >= 15 is 0 Å². The Balaban J connectivity index is 2.32. The van der Waals surface area contributed by atoms with Crippen LogP contribution >= 0.6 is 11.8 Å². The van der Waals surface area contributed by atoms with Gasteiger partial charge in [-0.1, -0.05) is 12.2 Å². The molecule has 0 spiro atoms. The SMILES string of the molecule is OC1CC=CCS1. The van der Waals surface area contributed by atoms with E-state index in [4.69, 9.17) is 5.11 Å². The zero-order valence-corrected chi connectivity index (χ0v) is 4.82. The average molecular weight is 116 g/mol. The number of rotatable bonds is 0. The van der Waals surface area contributed by atoms with Gasteiger partial charge >= 0.3 is 0 Å². The van der Waals surface area contributed by atoms with Crippen LogP contribution in [0.4, 0.5) is 0 Å². The van der Waals surface area contributed by atoms with Crippen LogP contribution < -0.4 is 0 Å². The first-order valence-electron chi connectivity index (χ1n) is 2.34. The maximum atomic E-state index is 8.82. The first kappa shape index (κ1) is 5.19. The van der Waals surface area contributed by atoms with Crippen molar-refractivity contribution < 1.29 is 5.11 Å². The van der Waals surface area contributed by atoms with Crippen molar-refractivity contribution in [3.05, 3.63) is 12.2 Å². The lowest BCUT2D eigenvalue weighted by Gasteiger charge is -2.08. The minimum Gasteiger partial charge on any atom is -0.382 e. The summed E-state index contributed by atoms with van der Waals surface area (Å²) in [6, 6.07) is 0. The molecule has 40 valence electrons. The Morgan fingerprint density at radius 2 is 2.43 bits per heavy atom. The fraction of sp³-hybridized carbons (Fsp3) is 0.600. The standard InChI is InChI=1S/C5H8OS/c6-5-3-1-2-4-7-5/h1-2,5-6H,3-4H2. The molecule has 0 aromatic carbocycles. The van der Waals surface area contributed by atoms with Crippen LogP contribution in [-0.4, -0.2) is 16.3 Å². The van der Waals surface area contributed by atoms with Crippen molar-refractivity contribution in [1.29, 1.82) is 0 Å². The highest BCUT2D eigenvalue weighted by molar-refractivity contribution is 7.99. The zero-order chi connectivity index (χ0) is 5.11. The van der Waals surface area contributed by atoms with Crippen molar-refractivity contribution in [2.75, 3.05) is 5.75 Å². The lowest BCUT2D eigenvalue weighted by atomic mass is 10.4. The van der Waals surface area contributed by atoms with Crippen LogP contribution in [0.3, 0.4) is 0 Å². The van der Waals surface area contributed by atoms with Crippen molar-refractivity contribution in [2.24, 2.45) is 0 Å². The van der Waals surface area contributed by atoms with E-state index in [0.29, 0.717) is 0 Å². The van der Waals surface area contributed by atoms with Crippen LogP contribution in [-0.2, 0) is 0 Å². The molecule has 1 heterocycles. The van der Waals surface area contributed by atoms with Crippen molar-refractivity contribution in [2.45, 2.75) is 11.9 Å². The van der Waals surface area contributed by atoms with Crippen LogP contribution in [0, 0.1) is 0 Å². The van der Waals surface area contributed by atoms with E-state index < -0.39 is 0 Å². The zero-order valence-electron chi connectivity index (χ0n) is 4.00. The fourth-order valence-corrected chi connectivity index (χ4v) is 1.23. The van der Waals surface area contributed by atoms with E-state index in [1.54, 1.807) is 11.8 Å². The first-order valence-corrected chi connectivity index (χ1v) is 3.39. The van der Waals surface area contributed by atoms with E-state index in [0.717, 1.165) is 12.2 Å². The molecule has 0 amide bonds. The Bertz CT molecular complexity index is 80.1. The van der Waals surface area contributed by atoms with Gasteiger partial charge in [-0.2, -0.15) is 0 Å². The molecule has 1 aliphatic rings. The van der Waals surface area contributed by atoms with Gasteiger partial charge in [0.1, 0.15) is 5.44 Å². The van der Waals surface area contributed by atoms with E-state index in [1.165, 1.54) is 0 Å². The first-order chi connectivity index (χ1) is 3.39. The second-order valence-electron chi connectivity index (χ2n) is 1.50. The molecule has 0 aromatic heterocycles. The molecule has 0 bridgehead atoms. The van der Waals surface area contributed by atoms with E-state index in [9.17, 15) is 0 Å². The summed E-state index contributed by atoms with van der Waals surface area (Å²) in [6.07, 6.45) is 4.92. The maximum Gasteiger partial charge on any atom is 0.103 e. The highest BCUT2D eigenvalue weighted by Crippen LogP contribution is 2.16. The van der Waals surface area contributed by atoms with E-state index in [2.05, 4.69) is 6.08 Å². The van der Waals surface area contributed by atoms with Crippen LogP contribution in [0.15, 0.2) is 12.2 Å². The summed E-state index contributed by atoms with van der Waals surface area (Å²) in [5, 5.41) is 8.82. The second kappa shape index (κ2) is 2.38. The predicted molar refractivity (Wildman–Crippen MR) is 32.2 cm³/mol. The van der Waals surface area contributed by atoms with Gasteiger partial charge in [0.15, 0.2) is 0 Å². The molecule has 1 atom stereocenters. The number of hydrogen-bond acceptors (Lipinski definition) is 2. The summed E-state index contributed by atoms with van der Waals surface area (Å²) in [5.41, 5.74) is -0.134. The van der Waals surface area contributed by atoms with Crippen molar-refractivity contribution in [1.82, 2.24) is 0 Å². The molecule has 7 heavy (non-hydrogen) atoms. The predicted octanol–water partition coefficient (Wildman–Crippen LogP) is 0.998. The van der Waals surface area contributed by atoms with E-state index in [1.807, 2.05) is 6.08 Å². The van der Waals surface area contributed by atoms with Crippen LogP contribution in [0.25, 0.3) is 0 Å². The number of aliphatic hydroxyl groups excluding tert-OH is 1. The monoisotopic (exact) mass is 116 g/mol. The number of thioether (sulfide) groups is 1. The molecular weight excluding hydrogens is 108 g/mol. The Labute approximate surface area is 47.4 Å². The Kier molecular flexibility index (Phi) is 1.77. The summed E-state index contributed by atoms with van der Waals surface area (Å²) in [6.45, 7) is 0. The summed E-state index contributed by atoms with van der Waals surface area (Å²) in [7, 11) is 0. The quantitative estimate of drug-likeness (QED) is 0.476. The molecule has 0 aromatic rings. The molecule has 0 saturated carbocycles. The molecule has 1 rings (SSSR count). The van der Waals surface area contributed by atoms with Gasteiger partial charge < -0.3 is 5.11 Å². The van der Waals surface area contributed by atoms with Gasteiger partial charge in [0.05, 0.1) is 0 Å². The molecule has 1 aliphatic heterocycles. The Morgan fingerprint density at radius 1 is 1.57 bits per heavy atom. The summed E-state index contributed by atoms with van der Waals surface area (Å²) in [5.74, 6) is 0.973. The van der Waals surface area contributed by atoms with Gasteiger partial charge in [0, 0.05) is 12.2 Å². The summed E-state index contributed by atoms with van der Waals surface area (Å²) in [4.78, 5) is 0. The van der Waals surface area contributed by atoms with Crippen molar-refractivity contribution in [3.8, 4) is 0 Å². The molecule has 2 heteroatoms. The third kappa shape index (κ3) is 1.53. The van der Waals surface area contributed by atoms with Crippen molar-refractivity contribution >= 4 is 11.8 Å². The Hall–Kier alpha value is 0.0500. The minimum absolute atomic E-state index is 0.134. The lowest BCUT2D eigenvalue weighted by molar-refractivity contribution is 0.266. The fourth-order valence-electron chi connectivity index (χ4n) is 0.515. The molecule has 0 radical (unpaired) electrons. The third-order valence-corrected chi connectivity index (χ3v) is 1.85. The number of aliphatic hydroxyl groups is 1. The summed E-state index contributed by atoms with van der Waals surface area (Å²) < 4.78 is 0. The highest BCUT2D eigenvalue weighted by atomic mass is 32.2. The normalized spacial score (nSPS) is 30.7. The molecule has 1 nitrogen and oxygen atoms in total. The molecular formula is C5H8OS. The van der Waals surface area contributed by atoms with Crippen LogP contribution in [0.5, 0.6) is 0 Å². The third-order valence-electron chi connectivity index (χ3n) is 0.889. The number of hydrogen-bond donors (Lipinski definition) is 1. The maximum absolute atomic E-state index is 8.82. The second-order valence-corrected chi connectivity index (χ2v) is 2.71. The van der Waals surface area contributed by atoms with Gasteiger partial charge in [-0.15, -0.1) is 11.8 Å². The Morgan fingerprint density at radius 3 is 2.71 bits per heavy atom. The van der Waals surface area contributed by atoms with E-state index in [-0.39, 0.29) is 5.44 Å². The van der Waals surface area contributed by atoms with Gasteiger partial charge in [-0.05, 0) is 0 Å². The van der Waals surface area contributed by atoms with Crippen LogP contribution in [0.2, 0.25) is 0 Å². The molecule has 0 aliphatic carbocycles. The molecule has 1 N–H and O–H groups in total. The molecule has 0 saturated heterocycles. The topological polar surface area (TPSA) is 20.2 Å². The van der Waals surface area contributed by atoms with Gasteiger partial charge in [0.25, 0.3) is 0 Å². The molecule has 0 fully saturated rings. The lowest BCUT2D eigenvalue weighted by Crippen LogP contribution is -2.02. The van der Waals surface area contributed by atoms with Crippen LogP contribution in [0.1, 0.15) is 6.42 Å². The smallest absolute Gasteiger partial charge is 0.103 e. The van der Waals surface area contributed by atoms with Gasteiger partial charge in [-0.3, -0.25) is 0 Å². The summed E-state index contributed by atoms with van der Waals surface area (Å²) >= 11 is 1.59. The largest absolute Gasteiger partial charge is 0.382 e.